The third kappa shape index (κ3) is 4.54. The molecule has 1 amide bonds. The summed E-state index contributed by atoms with van der Waals surface area (Å²) in [6, 6.07) is 4.38. The van der Waals surface area contributed by atoms with Crippen molar-refractivity contribution in [3.05, 3.63) is 45.7 Å². The Labute approximate surface area is 132 Å². The SMILES string of the molecule is Cc1nc(CS[C@@H](C)C(=O)Nc2cc(F)ccc2C)cs1. The van der Waals surface area contributed by atoms with E-state index in [0.29, 0.717) is 11.4 Å². The number of rotatable bonds is 5. The van der Waals surface area contributed by atoms with Gasteiger partial charge in [-0.2, -0.15) is 0 Å². The third-order valence-corrected chi connectivity index (χ3v) is 4.97. The maximum Gasteiger partial charge on any atom is 0.237 e. The van der Waals surface area contributed by atoms with Crippen LogP contribution in [-0.4, -0.2) is 16.1 Å². The van der Waals surface area contributed by atoms with Gasteiger partial charge in [0.05, 0.1) is 16.0 Å². The Bertz CT molecular complexity index is 642. The highest BCUT2D eigenvalue weighted by Gasteiger charge is 2.15. The molecule has 1 heterocycles. The summed E-state index contributed by atoms with van der Waals surface area (Å²) in [6.45, 7) is 5.64. The Balaban J connectivity index is 1.91. The van der Waals surface area contributed by atoms with E-state index in [0.717, 1.165) is 16.3 Å². The van der Waals surface area contributed by atoms with Gasteiger partial charge in [-0.1, -0.05) is 6.07 Å². The molecule has 3 nitrogen and oxygen atoms in total. The number of carbonyl (C=O) groups is 1. The molecule has 2 aromatic rings. The first-order valence-electron chi connectivity index (χ1n) is 6.55. The van der Waals surface area contributed by atoms with E-state index in [2.05, 4.69) is 10.3 Å². The molecule has 1 atom stereocenters. The van der Waals surface area contributed by atoms with Crippen LogP contribution < -0.4 is 5.32 Å². The highest BCUT2D eigenvalue weighted by Crippen LogP contribution is 2.22. The maximum atomic E-state index is 13.2. The van der Waals surface area contributed by atoms with Crippen LogP contribution in [0.2, 0.25) is 0 Å². The molecular formula is C15H17FN2OS2. The van der Waals surface area contributed by atoms with Gasteiger partial charge >= 0.3 is 0 Å². The third-order valence-electron chi connectivity index (χ3n) is 2.97. The van der Waals surface area contributed by atoms with E-state index in [1.54, 1.807) is 17.4 Å². The number of benzene rings is 1. The van der Waals surface area contributed by atoms with Crippen molar-refractivity contribution in [2.24, 2.45) is 0 Å². The normalized spacial score (nSPS) is 12.2. The van der Waals surface area contributed by atoms with Crippen LogP contribution in [0.5, 0.6) is 0 Å². The number of nitrogens with zero attached hydrogens (tertiary/aromatic N) is 1. The molecule has 112 valence electrons. The average Bonchev–Trinajstić information content (AvgIpc) is 2.86. The number of anilines is 1. The van der Waals surface area contributed by atoms with Crippen LogP contribution >= 0.6 is 23.1 Å². The largest absolute Gasteiger partial charge is 0.325 e. The van der Waals surface area contributed by atoms with Gasteiger partial charge in [0.15, 0.2) is 0 Å². The Morgan fingerprint density at radius 1 is 1.48 bits per heavy atom. The molecule has 1 aromatic heterocycles. The molecule has 1 N–H and O–H groups in total. The lowest BCUT2D eigenvalue weighted by Crippen LogP contribution is -2.23. The van der Waals surface area contributed by atoms with Gasteiger partial charge in [0.25, 0.3) is 0 Å². The van der Waals surface area contributed by atoms with E-state index in [9.17, 15) is 9.18 Å². The highest BCUT2D eigenvalue weighted by atomic mass is 32.2. The van der Waals surface area contributed by atoms with E-state index < -0.39 is 0 Å². The molecule has 0 unspecified atom stereocenters. The quantitative estimate of drug-likeness (QED) is 0.898. The second kappa shape index (κ2) is 7.04. The molecule has 0 aliphatic carbocycles. The molecule has 6 heteroatoms. The molecule has 1 aromatic carbocycles. The number of aromatic nitrogens is 1. The molecule has 0 aliphatic heterocycles. The maximum absolute atomic E-state index is 13.2. The van der Waals surface area contributed by atoms with E-state index in [-0.39, 0.29) is 17.0 Å². The first-order valence-corrected chi connectivity index (χ1v) is 8.48. The lowest BCUT2D eigenvalue weighted by Gasteiger charge is -2.13. The minimum atomic E-state index is -0.353. The van der Waals surface area contributed by atoms with E-state index >= 15 is 0 Å². The summed E-state index contributed by atoms with van der Waals surface area (Å²) in [6.07, 6.45) is 0. The van der Waals surface area contributed by atoms with Gasteiger partial charge in [-0.15, -0.1) is 23.1 Å². The van der Waals surface area contributed by atoms with E-state index in [4.69, 9.17) is 0 Å². The topological polar surface area (TPSA) is 42.0 Å². The average molecular weight is 324 g/mol. The number of hydrogen-bond acceptors (Lipinski definition) is 4. The van der Waals surface area contributed by atoms with Crippen molar-refractivity contribution in [2.45, 2.75) is 31.8 Å². The summed E-state index contributed by atoms with van der Waals surface area (Å²) >= 11 is 3.12. The van der Waals surface area contributed by atoms with Crippen LogP contribution in [0.3, 0.4) is 0 Å². The van der Waals surface area contributed by atoms with Crippen LogP contribution in [0.1, 0.15) is 23.2 Å². The van der Waals surface area contributed by atoms with Gasteiger partial charge in [-0.25, -0.2) is 9.37 Å². The minimum Gasteiger partial charge on any atom is -0.325 e. The first-order chi connectivity index (χ1) is 9.95. The van der Waals surface area contributed by atoms with Crippen molar-refractivity contribution in [1.82, 2.24) is 4.98 Å². The zero-order valence-electron chi connectivity index (χ0n) is 12.1. The number of thiazole rings is 1. The van der Waals surface area contributed by atoms with Crippen LogP contribution in [0.4, 0.5) is 10.1 Å². The number of hydrogen-bond donors (Lipinski definition) is 1. The lowest BCUT2D eigenvalue weighted by atomic mass is 10.2. The number of aryl methyl sites for hydroxylation is 2. The van der Waals surface area contributed by atoms with Crippen LogP contribution in [0.15, 0.2) is 23.6 Å². The van der Waals surface area contributed by atoms with Gasteiger partial charge in [-0.05, 0) is 38.5 Å². The number of thioether (sulfide) groups is 1. The van der Waals surface area contributed by atoms with Crippen molar-refractivity contribution in [2.75, 3.05) is 5.32 Å². The molecule has 0 fully saturated rings. The molecular weight excluding hydrogens is 307 g/mol. The smallest absolute Gasteiger partial charge is 0.237 e. The molecule has 0 aliphatic rings. The molecule has 21 heavy (non-hydrogen) atoms. The predicted molar refractivity (Wildman–Crippen MR) is 87.4 cm³/mol. The molecule has 0 saturated heterocycles. The van der Waals surface area contributed by atoms with E-state index in [1.165, 1.54) is 23.9 Å². The molecule has 0 spiro atoms. The van der Waals surface area contributed by atoms with Gasteiger partial charge in [-0.3, -0.25) is 4.79 Å². The molecule has 0 bridgehead atoms. The van der Waals surface area contributed by atoms with Crippen LogP contribution in [-0.2, 0) is 10.5 Å². The summed E-state index contributed by atoms with van der Waals surface area (Å²) in [5.41, 5.74) is 2.36. The Hall–Kier alpha value is -1.40. The van der Waals surface area contributed by atoms with Crippen molar-refractivity contribution in [3.63, 3.8) is 0 Å². The van der Waals surface area contributed by atoms with Gasteiger partial charge in [0.1, 0.15) is 5.82 Å². The number of nitrogens with one attached hydrogen (secondary N) is 1. The summed E-state index contributed by atoms with van der Waals surface area (Å²) in [7, 11) is 0. The van der Waals surface area contributed by atoms with Crippen molar-refractivity contribution < 1.29 is 9.18 Å². The fourth-order valence-electron chi connectivity index (χ4n) is 1.72. The Morgan fingerprint density at radius 2 is 2.24 bits per heavy atom. The van der Waals surface area contributed by atoms with Crippen molar-refractivity contribution in [3.8, 4) is 0 Å². The zero-order chi connectivity index (χ0) is 15.4. The number of carbonyl (C=O) groups excluding carboxylic acids is 1. The summed E-state index contributed by atoms with van der Waals surface area (Å²) in [5, 5.41) is 5.58. The second-order valence-electron chi connectivity index (χ2n) is 4.76. The van der Waals surface area contributed by atoms with Gasteiger partial charge in [0, 0.05) is 16.8 Å². The van der Waals surface area contributed by atoms with Gasteiger partial charge < -0.3 is 5.32 Å². The summed E-state index contributed by atoms with van der Waals surface area (Å²) in [4.78, 5) is 16.5. The van der Waals surface area contributed by atoms with Crippen molar-refractivity contribution >= 4 is 34.7 Å². The minimum absolute atomic E-state index is 0.124. The van der Waals surface area contributed by atoms with E-state index in [1.807, 2.05) is 26.2 Å². The Morgan fingerprint density at radius 3 is 2.90 bits per heavy atom. The predicted octanol–water partition coefficient (Wildman–Crippen LogP) is 4.16. The standard InChI is InChI=1S/C15H17FN2OS2/c1-9-4-5-12(16)6-14(9)18-15(19)10(2)20-7-13-8-21-11(3)17-13/h4-6,8,10H,7H2,1-3H3,(H,18,19)/t10-/m0/s1. The Kier molecular flexibility index (Phi) is 5.36. The molecule has 2 rings (SSSR count). The fraction of sp³-hybridized carbons (Fsp3) is 0.333. The van der Waals surface area contributed by atoms with Crippen molar-refractivity contribution in [1.29, 1.82) is 0 Å². The lowest BCUT2D eigenvalue weighted by molar-refractivity contribution is -0.115. The fourth-order valence-corrected chi connectivity index (χ4v) is 3.22. The highest BCUT2D eigenvalue weighted by molar-refractivity contribution is 7.99. The van der Waals surface area contributed by atoms with Crippen LogP contribution in [0, 0.1) is 19.7 Å². The first kappa shape index (κ1) is 16.0. The van der Waals surface area contributed by atoms with Gasteiger partial charge in [0.2, 0.25) is 5.91 Å². The number of amides is 1. The zero-order valence-corrected chi connectivity index (χ0v) is 13.8. The number of halogens is 1. The molecule has 0 saturated carbocycles. The summed E-state index contributed by atoms with van der Waals surface area (Å²) < 4.78 is 13.2. The van der Waals surface area contributed by atoms with Crippen LogP contribution in [0.25, 0.3) is 0 Å². The summed E-state index contributed by atoms with van der Waals surface area (Å²) in [5.74, 6) is 0.218. The monoisotopic (exact) mass is 324 g/mol. The second-order valence-corrected chi connectivity index (χ2v) is 7.15. The molecule has 0 radical (unpaired) electrons.